The number of hydrogen-bond acceptors (Lipinski definition) is 4. The summed E-state index contributed by atoms with van der Waals surface area (Å²) in [6.07, 6.45) is 6.02. The number of piperidine rings is 1. The Hall–Kier alpha value is -1.14. The first-order valence-electron chi connectivity index (χ1n) is 7.48. The van der Waals surface area contributed by atoms with Crippen molar-refractivity contribution >= 4 is 15.8 Å². The predicted octanol–water partition coefficient (Wildman–Crippen LogP) is 1.89. The number of nitrogens with zero attached hydrogens (tertiary/aromatic N) is 3. The minimum Gasteiger partial charge on any atom is -0.363 e. The van der Waals surface area contributed by atoms with Crippen molar-refractivity contribution in [2.45, 2.75) is 38.1 Å². The summed E-state index contributed by atoms with van der Waals surface area (Å²) in [5.41, 5.74) is 1.03. The SMILES string of the molecule is CN(C)c1cccc(CCC2CCCCN2S(C)(=O)=O)n1. The molecule has 0 aliphatic carbocycles. The van der Waals surface area contributed by atoms with Crippen LogP contribution in [0.4, 0.5) is 5.82 Å². The van der Waals surface area contributed by atoms with Gasteiger partial charge in [0.15, 0.2) is 0 Å². The van der Waals surface area contributed by atoms with Gasteiger partial charge in [-0.15, -0.1) is 0 Å². The fraction of sp³-hybridized carbons (Fsp3) is 0.667. The maximum absolute atomic E-state index is 11.9. The van der Waals surface area contributed by atoms with Crippen molar-refractivity contribution in [2.75, 3.05) is 31.8 Å². The van der Waals surface area contributed by atoms with Gasteiger partial charge in [-0.05, 0) is 37.8 Å². The van der Waals surface area contributed by atoms with E-state index in [9.17, 15) is 8.42 Å². The molecule has 1 aliphatic heterocycles. The zero-order chi connectivity index (χ0) is 15.5. The van der Waals surface area contributed by atoms with Gasteiger partial charge in [0, 0.05) is 32.4 Å². The molecule has 118 valence electrons. The molecule has 0 spiro atoms. The van der Waals surface area contributed by atoms with Gasteiger partial charge in [0.1, 0.15) is 5.82 Å². The number of pyridine rings is 1. The van der Waals surface area contributed by atoms with Gasteiger partial charge >= 0.3 is 0 Å². The molecule has 2 heterocycles. The second kappa shape index (κ2) is 6.75. The van der Waals surface area contributed by atoms with Crippen molar-refractivity contribution in [1.29, 1.82) is 0 Å². The monoisotopic (exact) mass is 311 g/mol. The van der Waals surface area contributed by atoms with E-state index in [1.807, 2.05) is 37.2 Å². The van der Waals surface area contributed by atoms with Crippen LogP contribution in [0.5, 0.6) is 0 Å². The second-order valence-electron chi connectivity index (χ2n) is 5.94. The Balaban J connectivity index is 2.02. The van der Waals surface area contributed by atoms with Crippen LogP contribution in [0.2, 0.25) is 0 Å². The summed E-state index contributed by atoms with van der Waals surface area (Å²) >= 11 is 0. The van der Waals surface area contributed by atoms with Crippen LogP contribution in [-0.4, -0.2) is 50.6 Å². The lowest BCUT2D eigenvalue weighted by atomic mass is 9.99. The van der Waals surface area contributed by atoms with Gasteiger partial charge in [0.25, 0.3) is 0 Å². The molecule has 0 bridgehead atoms. The zero-order valence-corrected chi connectivity index (χ0v) is 13.9. The number of rotatable bonds is 5. The summed E-state index contributed by atoms with van der Waals surface area (Å²) in [6, 6.07) is 6.12. The number of hydrogen-bond donors (Lipinski definition) is 0. The Morgan fingerprint density at radius 2 is 2.10 bits per heavy atom. The molecule has 0 aromatic carbocycles. The molecule has 1 aliphatic rings. The fourth-order valence-corrected chi connectivity index (χ4v) is 4.08. The van der Waals surface area contributed by atoms with Gasteiger partial charge in [0.05, 0.1) is 6.26 Å². The first-order chi connectivity index (χ1) is 9.88. The first-order valence-corrected chi connectivity index (χ1v) is 9.33. The maximum atomic E-state index is 11.9. The van der Waals surface area contributed by atoms with E-state index in [0.717, 1.165) is 43.6 Å². The standard InChI is InChI=1S/C15H25N3O2S/c1-17(2)15-9-6-7-13(16-15)10-11-14-8-4-5-12-18(14)21(3,19)20/h6-7,9,14H,4-5,8,10-12H2,1-3H3. The molecule has 0 amide bonds. The van der Waals surface area contributed by atoms with Gasteiger partial charge in [-0.25, -0.2) is 13.4 Å². The second-order valence-corrected chi connectivity index (χ2v) is 7.88. The molecule has 1 atom stereocenters. The van der Waals surface area contributed by atoms with Gasteiger partial charge < -0.3 is 4.90 Å². The van der Waals surface area contributed by atoms with E-state index in [1.165, 1.54) is 6.26 Å². The van der Waals surface area contributed by atoms with E-state index in [2.05, 4.69) is 4.98 Å². The molecule has 1 aromatic heterocycles. The Kier molecular flexibility index (Phi) is 5.22. The minimum absolute atomic E-state index is 0.124. The molecule has 0 radical (unpaired) electrons. The average Bonchev–Trinajstić information content (AvgIpc) is 2.45. The number of anilines is 1. The van der Waals surface area contributed by atoms with Crippen LogP contribution >= 0.6 is 0 Å². The Labute approximate surface area is 128 Å². The lowest BCUT2D eigenvalue weighted by molar-refractivity contribution is 0.242. The lowest BCUT2D eigenvalue weighted by Crippen LogP contribution is -2.43. The fourth-order valence-electron chi connectivity index (χ4n) is 2.87. The summed E-state index contributed by atoms with van der Waals surface area (Å²) in [5.74, 6) is 0.941. The summed E-state index contributed by atoms with van der Waals surface area (Å²) < 4.78 is 25.4. The molecule has 0 saturated carbocycles. The number of aromatic nitrogens is 1. The summed E-state index contributed by atoms with van der Waals surface area (Å²) in [7, 11) is 0.845. The maximum Gasteiger partial charge on any atom is 0.211 e. The van der Waals surface area contributed by atoms with E-state index in [1.54, 1.807) is 4.31 Å². The largest absolute Gasteiger partial charge is 0.363 e. The molecule has 0 N–H and O–H groups in total. The van der Waals surface area contributed by atoms with Crippen LogP contribution in [0.15, 0.2) is 18.2 Å². The smallest absolute Gasteiger partial charge is 0.211 e. The number of sulfonamides is 1. The average molecular weight is 311 g/mol. The number of aryl methyl sites for hydroxylation is 1. The van der Waals surface area contributed by atoms with Crippen molar-refractivity contribution in [3.8, 4) is 0 Å². The Bertz CT molecular complexity index is 572. The van der Waals surface area contributed by atoms with Gasteiger partial charge in [-0.1, -0.05) is 12.5 Å². The molecule has 21 heavy (non-hydrogen) atoms. The van der Waals surface area contributed by atoms with E-state index >= 15 is 0 Å². The van der Waals surface area contributed by atoms with Gasteiger partial charge in [-0.3, -0.25) is 0 Å². The van der Waals surface area contributed by atoms with Crippen LogP contribution in [0.3, 0.4) is 0 Å². The third-order valence-corrected chi connectivity index (χ3v) is 5.32. The van der Waals surface area contributed by atoms with Gasteiger partial charge in [0.2, 0.25) is 10.0 Å². The van der Waals surface area contributed by atoms with E-state index in [4.69, 9.17) is 0 Å². The van der Waals surface area contributed by atoms with Crippen molar-refractivity contribution in [1.82, 2.24) is 9.29 Å². The van der Waals surface area contributed by atoms with Crippen molar-refractivity contribution in [3.63, 3.8) is 0 Å². The highest BCUT2D eigenvalue weighted by molar-refractivity contribution is 7.88. The van der Waals surface area contributed by atoms with Crippen molar-refractivity contribution in [3.05, 3.63) is 23.9 Å². The molecule has 1 aromatic rings. The van der Waals surface area contributed by atoms with E-state index < -0.39 is 10.0 Å². The summed E-state index contributed by atoms with van der Waals surface area (Å²) in [6.45, 7) is 0.661. The topological polar surface area (TPSA) is 53.5 Å². The third kappa shape index (κ3) is 4.41. The normalized spacial score (nSPS) is 20.4. The molecule has 5 nitrogen and oxygen atoms in total. The van der Waals surface area contributed by atoms with Crippen molar-refractivity contribution in [2.24, 2.45) is 0 Å². The lowest BCUT2D eigenvalue weighted by Gasteiger charge is -2.33. The highest BCUT2D eigenvalue weighted by Gasteiger charge is 2.28. The molecule has 1 fully saturated rings. The van der Waals surface area contributed by atoms with Crippen molar-refractivity contribution < 1.29 is 8.42 Å². The molecular formula is C15H25N3O2S. The van der Waals surface area contributed by atoms with Crippen LogP contribution in [0, 0.1) is 0 Å². The first kappa shape index (κ1) is 16.2. The zero-order valence-electron chi connectivity index (χ0n) is 13.1. The highest BCUT2D eigenvalue weighted by atomic mass is 32.2. The van der Waals surface area contributed by atoms with Crippen LogP contribution in [0.25, 0.3) is 0 Å². The van der Waals surface area contributed by atoms with Gasteiger partial charge in [-0.2, -0.15) is 4.31 Å². The predicted molar refractivity (Wildman–Crippen MR) is 86.1 cm³/mol. The molecule has 1 saturated heterocycles. The Morgan fingerprint density at radius 1 is 1.33 bits per heavy atom. The minimum atomic E-state index is -3.10. The molecule has 6 heteroatoms. The van der Waals surface area contributed by atoms with Crippen LogP contribution in [-0.2, 0) is 16.4 Å². The van der Waals surface area contributed by atoms with Crippen LogP contribution < -0.4 is 4.90 Å². The van der Waals surface area contributed by atoms with Crippen LogP contribution in [0.1, 0.15) is 31.4 Å². The quantitative estimate of drug-likeness (QED) is 0.833. The third-order valence-electron chi connectivity index (χ3n) is 3.98. The summed E-state index contributed by atoms with van der Waals surface area (Å²) in [5, 5.41) is 0. The summed E-state index contributed by atoms with van der Waals surface area (Å²) in [4.78, 5) is 6.58. The molecule has 1 unspecified atom stereocenters. The van der Waals surface area contributed by atoms with E-state index in [0.29, 0.717) is 6.54 Å². The highest BCUT2D eigenvalue weighted by Crippen LogP contribution is 2.23. The molecular weight excluding hydrogens is 286 g/mol. The van der Waals surface area contributed by atoms with E-state index in [-0.39, 0.29) is 6.04 Å². The Morgan fingerprint density at radius 3 is 2.76 bits per heavy atom. The molecule has 2 rings (SSSR count).